The van der Waals surface area contributed by atoms with E-state index in [0.717, 1.165) is 0 Å². The molecule has 0 radical (unpaired) electrons. The number of carboxylic acids is 1. The van der Waals surface area contributed by atoms with Gasteiger partial charge in [0.2, 0.25) is 6.79 Å². The van der Waals surface area contributed by atoms with Crippen molar-refractivity contribution in [3.63, 3.8) is 0 Å². The Morgan fingerprint density at radius 3 is 2.61 bits per heavy atom. The van der Waals surface area contributed by atoms with Crippen LogP contribution in [0.15, 0.2) is 0 Å². The molecule has 1 N–H and O–H groups in total. The summed E-state index contributed by atoms with van der Waals surface area (Å²) in [6.07, 6.45) is -0.487. The zero-order valence-electron chi connectivity index (χ0n) is 9.70. The molecule has 0 amide bonds. The second kappa shape index (κ2) is 10.4. The molecule has 18 heavy (non-hydrogen) atoms. The van der Waals surface area contributed by atoms with Gasteiger partial charge in [-0.1, -0.05) is 0 Å². The third kappa shape index (κ3) is 10.8. The Balaban J connectivity index is 3.45. The fourth-order valence-corrected chi connectivity index (χ4v) is 0.676. The number of hydrogen-bond acceptors (Lipinski definition) is 8. The van der Waals surface area contributed by atoms with Gasteiger partial charge in [-0.15, -0.1) is 0 Å². The number of rotatable bonds is 11. The number of aliphatic carboxylic acids is 1. The van der Waals surface area contributed by atoms with E-state index >= 15 is 0 Å². The molecule has 0 saturated carbocycles. The topological polar surface area (TPSA) is 118 Å². The summed E-state index contributed by atoms with van der Waals surface area (Å²) < 4.78 is 13.4. The number of carboxylic acid groups (broad SMARTS) is 1. The number of ether oxygens (including phenoxy) is 3. The SMILES string of the molecule is CC(COOCOC=O)OCC(=O)OCC(=O)O. The zero-order chi connectivity index (χ0) is 13.8. The fourth-order valence-electron chi connectivity index (χ4n) is 0.676. The van der Waals surface area contributed by atoms with Gasteiger partial charge in [0.05, 0.1) is 6.10 Å². The van der Waals surface area contributed by atoms with Crippen molar-refractivity contribution in [1.82, 2.24) is 0 Å². The molecule has 1 atom stereocenters. The maximum Gasteiger partial charge on any atom is 0.341 e. The predicted octanol–water partition coefficient (Wildman–Crippen LogP) is -0.902. The highest BCUT2D eigenvalue weighted by Crippen LogP contribution is 1.94. The van der Waals surface area contributed by atoms with Gasteiger partial charge in [-0.2, -0.15) is 4.89 Å². The first-order valence-electron chi connectivity index (χ1n) is 4.85. The van der Waals surface area contributed by atoms with Crippen LogP contribution in [0.3, 0.4) is 0 Å². The van der Waals surface area contributed by atoms with E-state index in [0.29, 0.717) is 0 Å². The van der Waals surface area contributed by atoms with Gasteiger partial charge >= 0.3 is 11.9 Å². The molecule has 0 heterocycles. The Bertz CT molecular complexity index is 265. The maximum absolute atomic E-state index is 10.9. The Kier molecular flexibility index (Phi) is 9.45. The van der Waals surface area contributed by atoms with Crippen molar-refractivity contribution in [3.05, 3.63) is 0 Å². The Morgan fingerprint density at radius 1 is 1.28 bits per heavy atom. The van der Waals surface area contributed by atoms with Gasteiger partial charge in [0.25, 0.3) is 6.47 Å². The second-order valence-corrected chi connectivity index (χ2v) is 2.96. The smallest absolute Gasteiger partial charge is 0.341 e. The van der Waals surface area contributed by atoms with E-state index in [1.165, 1.54) is 0 Å². The summed E-state index contributed by atoms with van der Waals surface area (Å²) in [5.41, 5.74) is 0. The molecule has 0 aliphatic heterocycles. The van der Waals surface area contributed by atoms with E-state index in [-0.39, 0.29) is 19.9 Å². The molecular formula is C9H14O9. The fraction of sp³-hybridized carbons (Fsp3) is 0.667. The normalized spacial score (nSPS) is 11.6. The lowest BCUT2D eigenvalue weighted by Crippen LogP contribution is -2.23. The molecule has 0 spiro atoms. The monoisotopic (exact) mass is 266 g/mol. The molecule has 0 fully saturated rings. The van der Waals surface area contributed by atoms with E-state index in [4.69, 9.17) is 9.84 Å². The first-order valence-corrected chi connectivity index (χ1v) is 4.85. The molecule has 9 nitrogen and oxygen atoms in total. The lowest BCUT2D eigenvalue weighted by Gasteiger charge is -2.11. The van der Waals surface area contributed by atoms with Crippen molar-refractivity contribution in [1.29, 1.82) is 0 Å². The molecule has 0 aromatic heterocycles. The van der Waals surface area contributed by atoms with Crippen LogP contribution in [0.2, 0.25) is 0 Å². The Morgan fingerprint density at radius 2 is 2.00 bits per heavy atom. The van der Waals surface area contributed by atoms with Crippen LogP contribution in [0.5, 0.6) is 0 Å². The minimum absolute atomic E-state index is 0.00553. The minimum atomic E-state index is -1.25. The number of carbonyl (C=O) groups excluding carboxylic acids is 2. The summed E-state index contributed by atoms with van der Waals surface area (Å²) in [6, 6.07) is 0. The van der Waals surface area contributed by atoms with E-state index in [1.807, 2.05) is 0 Å². The largest absolute Gasteiger partial charge is 0.479 e. The molecule has 0 aliphatic carbocycles. The minimum Gasteiger partial charge on any atom is -0.479 e. The van der Waals surface area contributed by atoms with Gasteiger partial charge in [-0.05, 0) is 6.92 Å². The van der Waals surface area contributed by atoms with E-state index < -0.39 is 31.3 Å². The lowest BCUT2D eigenvalue weighted by molar-refractivity contribution is -0.337. The summed E-state index contributed by atoms with van der Waals surface area (Å²) in [7, 11) is 0. The van der Waals surface area contributed by atoms with Crippen molar-refractivity contribution in [2.75, 3.05) is 26.6 Å². The molecule has 0 aromatic rings. The first-order chi connectivity index (χ1) is 8.56. The van der Waals surface area contributed by atoms with Crippen LogP contribution >= 0.6 is 0 Å². The molecule has 9 heteroatoms. The third-order valence-corrected chi connectivity index (χ3v) is 1.41. The highest BCUT2D eigenvalue weighted by atomic mass is 17.2. The molecule has 0 saturated heterocycles. The number of hydrogen-bond donors (Lipinski definition) is 1. The number of carbonyl (C=O) groups is 3. The molecule has 0 bridgehead atoms. The summed E-state index contributed by atoms with van der Waals surface area (Å²) >= 11 is 0. The van der Waals surface area contributed by atoms with E-state index in [2.05, 4.69) is 19.2 Å². The van der Waals surface area contributed by atoms with Gasteiger partial charge in [0.15, 0.2) is 6.61 Å². The summed E-state index contributed by atoms with van der Waals surface area (Å²) in [4.78, 5) is 39.7. The van der Waals surface area contributed by atoms with Crippen molar-refractivity contribution >= 4 is 18.4 Å². The average Bonchev–Trinajstić information content (AvgIpc) is 2.33. The highest BCUT2D eigenvalue weighted by molar-refractivity contribution is 5.75. The second-order valence-electron chi connectivity index (χ2n) is 2.96. The van der Waals surface area contributed by atoms with Crippen molar-refractivity contribution in [2.45, 2.75) is 13.0 Å². The summed E-state index contributed by atoms with van der Waals surface area (Å²) in [5.74, 6) is -2.04. The standard InChI is InChI=1S/C9H14O9/c1-7(2-17-18-6-14-5-10)15-4-9(13)16-3-8(11)12/h5,7H,2-4,6H2,1H3,(H,11,12). The van der Waals surface area contributed by atoms with Crippen LogP contribution in [0.1, 0.15) is 6.92 Å². The molecule has 0 rings (SSSR count). The lowest BCUT2D eigenvalue weighted by atomic mass is 10.4. The molecule has 0 aromatic carbocycles. The molecule has 1 unspecified atom stereocenters. The Labute approximate surface area is 102 Å². The van der Waals surface area contributed by atoms with Gasteiger partial charge in [0, 0.05) is 0 Å². The quantitative estimate of drug-likeness (QED) is 0.127. The van der Waals surface area contributed by atoms with Crippen molar-refractivity contribution < 1.29 is 43.5 Å². The zero-order valence-corrected chi connectivity index (χ0v) is 9.70. The van der Waals surface area contributed by atoms with Crippen molar-refractivity contribution in [2.24, 2.45) is 0 Å². The first kappa shape index (κ1) is 16.3. The van der Waals surface area contributed by atoms with Gasteiger partial charge < -0.3 is 19.3 Å². The third-order valence-electron chi connectivity index (χ3n) is 1.41. The van der Waals surface area contributed by atoms with E-state index in [9.17, 15) is 14.4 Å². The number of esters is 1. The summed E-state index contributed by atoms with van der Waals surface area (Å²) in [6.45, 7) is 0.323. The van der Waals surface area contributed by atoms with Gasteiger partial charge in [-0.3, -0.25) is 4.79 Å². The van der Waals surface area contributed by atoms with E-state index in [1.54, 1.807) is 6.92 Å². The van der Waals surface area contributed by atoms with Crippen LogP contribution in [-0.4, -0.2) is 56.2 Å². The van der Waals surface area contributed by atoms with Crippen LogP contribution in [0, 0.1) is 0 Å². The van der Waals surface area contributed by atoms with Crippen LogP contribution in [-0.2, 0) is 38.4 Å². The maximum atomic E-state index is 10.9. The van der Waals surface area contributed by atoms with Crippen LogP contribution < -0.4 is 0 Å². The van der Waals surface area contributed by atoms with Crippen molar-refractivity contribution in [3.8, 4) is 0 Å². The highest BCUT2D eigenvalue weighted by Gasteiger charge is 2.10. The van der Waals surface area contributed by atoms with Gasteiger partial charge in [-0.25, -0.2) is 14.5 Å². The van der Waals surface area contributed by atoms with Crippen LogP contribution in [0.4, 0.5) is 0 Å². The molecule has 0 aliphatic rings. The van der Waals surface area contributed by atoms with Crippen LogP contribution in [0.25, 0.3) is 0 Å². The van der Waals surface area contributed by atoms with Gasteiger partial charge in [0.1, 0.15) is 13.2 Å². The summed E-state index contributed by atoms with van der Waals surface area (Å²) in [5, 5.41) is 8.24. The predicted molar refractivity (Wildman–Crippen MR) is 53.1 cm³/mol. The Hall–Kier alpha value is -1.71. The molecule has 104 valence electrons. The average molecular weight is 266 g/mol. The molecular weight excluding hydrogens is 252 g/mol.